The smallest absolute Gasteiger partial charge is 0.251 e. The van der Waals surface area contributed by atoms with Gasteiger partial charge in [0.15, 0.2) is 11.0 Å². The van der Waals surface area contributed by atoms with E-state index in [2.05, 4.69) is 27.8 Å². The van der Waals surface area contributed by atoms with E-state index in [1.165, 1.54) is 23.9 Å². The molecule has 0 saturated heterocycles. The highest BCUT2D eigenvalue weighted by molar-refractivity contribution is 7.99. The Labute approximate surface area is 242 Å². The second-order valence-electron chi connectivity index (χ2n) is 8.91. The van der Waals surface area contributed by atoms with Gasteiger partial charge in [-0.3, -0.25) is 14.2 Å². The molecule has 0 spiro atoms. The average molecular weight is 578 g/mol. The quantitative estimate of drug-likeness (QED) is 0.147. The van der Waals surface area contributed by atoms with E-state index in [1.54, 1.807) is 65.2 Å². The lowest BCUT2D eigenvalue weighted by Gasteiger charge is -2.12. The zero-order valence-electron chi connectivity index (χ0n) is 22.9. The number of anilines is 1. The minimum atomic E-state index is -0.386. The number of benzene rings is 3. The number of aromatic nitrogens is 3. The predicted octanol–water partition coefficient (Wildman–Crippen LogP) is 5.64. The van der Waals surface area contributed by atoms with E-state index in [9.17, 15) is 14.0 Å². The van der Waals surface area contributed by atoms with Gasteiger partial charge in [-0.2, -0.15) is 0 Å². The molecule has 0 saturated carbocycles. The van der Waals surface area contributed by atoms with Crippen molar-refractivity contribution in [2.75, 3.05) is 24.3 Å². The number of ether oxygens (including phenoxy) is 2. The molecule has 4 rings (SSSR count). The maximum absolute atomic E-state index is 13.6. The summed E-state index contributed by atoms with van der Waals surface area (Å²) in [5, 5.41) is 14.6. The zero-order chi connectivity index (χ0) is 29.0. The molecule has 0 radical (unpaired) electrons. The highest BCUT2D eigenvalue weighted by Gasteiger charge is 2.17. The zero-order valence-corrected chi connectivity index (χ0v) is 23.7. The van der Waals surface area contributed by atoms with Gasteiger partial charge in [0.05, 0.1) is 25.5 Å². The summed E-state index contributed by atoms with van der Waals surface area (Å²) in [6, 6.07) is 19.9. The first-order valence-corrected chi connectivity index (χ1v) is 14.3. The van der Waals surface area contributed by atoms with Gasteiger partial charge in [0.25, 0.3) is 5.91 Å². The standard InChI is InChI=1S/C30H32FN5O4S/c1-3-5-18-40-26-14-6-21(7-15-26)29(38)32-19-27-34-35-30(36(27)24-12-8-22(31)9-13-24)41-20-28(37)33-23-10-16-25(17-11-23)39-4-2/h6-17H,3-5,18-20H2,1-2H3,(H,32,38)(H,33,37). The summed E-state index contributed by atoms with van der Waals surface area (Å²) in [6.07, 6.45) is 2.00. The molecule has 214 valence electrons. The number of hydrogen-bond donors (Lipinski definition) is 2. The summed E-state index contributed by atoms with van der Waals surface area (Å²) >= 11 is 1.18. The van der Waals surface area contributed by atoms with Crippen LogP contribution in [0.4, 0.5) is 10.1 Å². The third-order valence-corrected chi connectivity index (χ3v) is 6.79. The fourth-order valence-electron chi connectivity index (χ4n) is 3.78. The molecule has 1 heterocycles. The van der Waals surface area contributed by atoms with Crippen molar-refractivity contribution in [3.63, 3.8) is 0 Å². The van der Waals surface area contributed by atoms with Crippen LogP contribution in [0.25, 0.3) is 5.69 Å². The van der Waals surface area contributed by atoms with Gasteiger partial charge in [-0.15, -0.1) is 10.2 Å². The second kappa shape index (κ2) is 14.8. The van der Waals surface area contributed by atoms with Crippen molar-refractivity contribution in [1.82, 2.24) is 20.1 Å². The Morgan fingerprint density at radius 1 is 0.902 bits per heavy atom. The number of thioether (sulfide) groups is 1. The number of carbonyl (C=O) groups excluding carboxylic acids is 2. The van der Waals surface area contributed by atoms with E-state index in [1.807, 2.05) is 6.92 Å². The van der Waals surface area contributed by atoms with Crippen molar-refractivity contribution in [3.8, 4) is 17.2 Å². The topological polar surface area (TPSA) is 107 Å². The number of amides is 2. The van der Waals surface area contributed by atoms with Crippen molar-refractivity contribution in [3.05, 3.63) is 90.0 Å². The molecule has 0 aliphatic rings. The molecule has 9 nitrogen and oxygen atoms in total. The molecular weight excluding hydrogens is 545 g/mol. The first-order chi connectivity index (χ1) is 20.0. The number of rotatable bonds is 14. The van der Waals surface area contributed by atoms with Gasteiger partial charge in [0.2, 0.25) is 5.91 Å². The van der Waals surface area contributed by atoms with Crippen LogP contribution < -0.4 is 20.1 Å². The van der Waals surface area contributed by atoms with E-state index in [-0.39, 0.29) is 29.9 Å². The van der Waals surface area contributed by atoms with Crippen LogP contribution in [0.1, 0.15) is 42.9 Å². The van der Waals surface area contributed by atoms with Crippen LogP contribution in [-0.2, 0) is 11.3 Å². The largest absolute Gasteiger partial charge is 0.494 e. The Morgan fingerprint density at radius 3 is 2.27 bits per heavy atom. The molecule has 0 aliphatic carbocycles. The molecule has 11 heteroatoms. The van der Waals surface area contributed by atoms with Crippen molar-refractivity contribution < 1.29 is 23.5 Å². The van der Waals surface area contributed by atoms with E-state index < -0.39 is 0 Å². The lowest BCUT2D eigenvalue weighted by molar-refractivity contribution is -0.113. The van der Waals surface area contributed by atoms with Crippen molar-refractivity contribution >= 4 is 29.3 Å². The lowest BCUT2D eigenvalue weighted by atomic mass is 10.2. The Bertz CT molecular complexity index is 1430. The van der Waals surface area contributed by atoms with Gasteiger partial charge in [-0.1, -0.05) is 25.1 Å². The van der Waals surface area contributed by atoms with Gasteiger partial charge >= 0.3 is 0 Å². The molecule has 0 bridgehead atoms. The Hall–Kier alpha value is -4.38. The minimum absolute atomic E-state index is 0.0611. The Morgan fingerprint density at radius 2 is 1.59 bits per heavy atom. The number of nitrogens with one attached hydrogen (secondary N) is 2. The summed E-state index contributed by atoms with van der Waals surface area (Å²) in [7, 11) is 0. The van der Waals surface area contributed by atoms with Crippen LogP contribution in [0.15, 0.2) is 78.0 Å². The minimum Gasteiger partial charge on any atom is -0.494 e. The highest BCUT2D eigenvalue weighted by atomic mass is 32.2. The van der Waals surface area contributed by atoms with Gasteiger partial charge in [0, 0.05) is 16.9 Å². The van der Waals surface area contributed by atoms with Crippen LogP contribution in [0.3, 0.4) is 0 Å². The van der Waals surface area contributed by atoms with Crippen molar-refractivity contribution in [2.24, 2.45) is 0 Å². The highest BCUT2D eigenvalue weighted by Crippen LogP contribution is 2.23. The van der Waals surface area contributed by atoms with Gasteiger partial charge in [-0.05, 0) is 86.1 Å². The Balaban J connectivity index is 1.41. The van der Waals surface area contributed by atoms with Crippen LogP contribution in [0, 0.1) is 5.82 Å². The molecule has 0 aliphatic heterocycles. The van der Waals surface area contributed by atoms with Crippen LogP contribution in [-0.4, -0.2) is 45.5 Å². The molecule has 41 heavy (non-hydrogen) atoms. The molecule has 3 aromatic carbocycles. The predicted molar refractivity (Wildman–Crippen MR) is 156 cm³/mol. The maximum atomic E-state index is 13.6. The fourth-order valence-corrected chi connectivity index (χ4v) is 4.56. The molecule has 1 aromatic heterocycles. The fraction of sp³-hybridized carbons (Fsp3) is 0.267. The van der Waals surface area contributed by atoms with Crippen LogP contribution in [0.2, 0.25) is 0 Å². The summed E-state index contributed by atoms with van der Waals surface area (Å²) < 4.78 is 26.4. The number of carbonyl (C=O) groups is 2. The van der Waals surface area contributed by atoms with Gasteiger partial charge in [-0.25, -0.2) is 4.39 Å². The SMILES string of the molecule is CCCCOc1ccc(C(=O)NCc2nnc(SCC(=O)Nc3ccc(OCC)cc3)n2-c2ccc(F)cc2)cc1. The van der Waals surface area contributed by atoms with Crippen molar-refractivity contribution in [1.29, 1.82) is 0 Å². The molecule has 0 unspecified atom stereocenters. The lowest BCUT2D eigenvalue weighted by Crippen LogP contribution is -2.24. The summed E-state index contributed by atoms with van der Waals surface area (Å²) in [5.74, 6) is 1.01. The summed E-state index contributed by atoms with van der Waals surface area (Å²) in [5.41, 5.74) is 1.72. The normalized spacial score (nSPS) is 10.7. The van der Waals surface area contributed by atoms with E-state index in [0.717, 1.165) is 18.6 Å². The number of nitrogens with zero attached hydrogens (tertiary/aromatic N) is 3. The number of unbranched alkanes of at least 4 members (excludes halogenated alkanes) is 1. The first-order valence-electron chi connectivity index (χ1n) is 13.3. The third kappa shape index (κ3) is 8.55. The van der Waals surface area contributed by atoms with Gasteiger partial charge in [0.1, 0.15) is 17.3 Å². The third-order valence-electron chi connectivity index (χ3n) is 5.86. The Kier molecular flexibility index (Phi) is 10.7. The molecule has 0 atom stereocenters. The molecule has 2 N–H and O–H groups in total. The molecule has 4 aromatic rings. The van der Waals surface area contributed by atoms with E-state index >= 15 is 0 Å². The van der Waals surface area contributed by atoms with Crippen LogP contribution >= 0.6 is 11.8 Å². The summed E-state index contributed by atoms with van der Waals surface area (Å²) in [6.45, 7) is 5.25. The summed E-state index contributed by atoms with van der Waals surface area (Å²) in [4.78, 5) is 25.4. The van der Waals surface area contributed by atoms with E-state index in [0.29, 0.717) is 46.9 Å². The molecule has 0 fully saturated rings. The molecule has 2 amide bonds. The molecular formula is C30H32FN5O4S. The number of halogens is 1. The average Bonchev–Trinajstić information content (AvgIpc) is 3.39. The van der Waals surface area contributed by atoms with Crippen molar-refractivity contribution in [2.45, 2.75) is 38.4 Å². The maximum Gasteiger partial charge on any atom is 0.251 e. The first kappa shape index (κ1) is 29.6. The van der Waals surface area contributed by atoms with Crippen LogP contribution in [0.5, 0.6) is 11.5 Å². The van der Waals surface area contributed by atoms with Gasteiger partial charge < -0.3 is 20.1 Å². The monoisotopic (exact) mass is 577 g/mol. The number of hydrogen-bond acceptors (Lipinski definition) is 7. The second-order valence-corrected chi connectivity index (χ2v) is 9.86. The van der Waals surface area contributed by atoms with E-state index in [4.69, 9.17) is 9.47 Å².